The molecule has 0 aromatic heterocycles. The number of rotatable bonds is 5. The van der Waals surface area contributed by atoms with Crippen LogP contribution >= 0.6 is 0 Å². The number of hydrogen-bond acceptors (Lipinski definition) is 5. The molecule has 0 heterocycles. The number of phenols is 2. The molecule has 0 spiro atoms. The molecule has 0 amide bonds. The first kappa shape index (κ1) is 15.3. The van der Waals surface area contributed by atoms with Crippen molar-refractivity contribution in [2.24, 2.45) is 0 Å². The summed E-state index contributed by atoms with van der Waals surface area (Å²) in [6.45, 7) is 2.62. The van der Waals surface area contributed by atoms with Crippen LogP contribution in [0.25, 0.3) is 0 Å². The molecular formula is C13H18O6. The van der Waals surface area contributed by atoms with Crippen LogP contribution < -0.4 is 0 Å². The minimum Gasteiger partial charge on any atom is -0.507 e. The van der Waals surface area contributed by atoms with E-state index in [-0.39, 0.29) is 28.9 Å². The minimum atomic E-state index is -1.34. The summed E-state index contributed by atoms with van der Waals surface area (Å²) in [5.41, 5.74) is 0.272. The van der Waals surface area contributed by atoms with Gasteiger partial charge in [-0.05, 0) is 24.5 Å². The monoisotopic (exact) mass is 270 g/mol. The summed E-state index contributed by atoms with van der Waals surface area (Å²) in [6, 6.07) is 0. The first-order valence-electron chi connectivity index (χ1n) is 5.93. The lowest BCUT2D eigenvalue weighted by Gasteiger charge is -2.19. The van der Waals surface area contributed by atoms with Crippen molar-refractivity contribution in [3.05, 3.63) is 22.3 Å². The second-order valence-corrected chi connectivity index (χ2v) is 4.35. The maximum Gasteiger partial charge on any atom is 0.339 e. The third-order valence-corrected chi connectivity index (χ3v) is 3.12. The second kappa shape index (κ2) is 5.90. The Morgan fingerprint density at radius 3 is 2.21 bits per heavy atom. The molecule has 6 heteroatoms. The van der Waals surface area contributed by atoms with Gasteiger partial charge in [-0.15, -0.1) is 0 Å². The van der Waals surface area contributed by atoms with Gasteiger partial charge in [-0.1, -0.05) is 6.92 Å². The van der Waals surface area contributed by atoms with Crippen LogP contribution in [0.1, 0.15) is 34.0 Å². The van der Waals surface area contributed by atoms with Crippen LogP contribution in [0.3, 0.4) is 0 Å². The number of hydrogen-bond donors (Lipinski definition) is 5. The van der Waals surface area contributed by atoms with Gasteiger partial charge in [0.25, 0.3) is 0 Å². The molecular weight excluding hydrogens is 252 g/mol. The third-order valence-electron chi connectivity index (χ3n) is 3.12. The molecule has 106 valence electrons. The Labute approximate surface area is 110 Å². The van der Waals surface area contributed by atoms with Crippen LogP contribution in [0, 0.1) is 6.92 Å². The van der Waals surface area contributed by atoms with Gasteiger partial charge in [0.05, 0.1) is 12.7 Å². The van der Waals surface area contributed by atoms with Gasteiger partial charge in [0.15, 0.2) is 0 Å². The Balaban J connectivity index is 3.58. The quantitative estimate of drug-likeness (QED) is 0.533. The smallest absolute Gasteiger partial charge is 0.339 e. The highest BCUT2D eigenvalue weighted by Gasteiger charge is 2.25. The minimum absolute atomic E-state index is 0.0940. The molecule has 1 rings (SSSR count). The first-order chi connectivity index (χ1) is 8.84. The van der Waals surface area contributed by atoms with E-state index in [1.54, 1.807) is 6.92 Å². The highest BCUT2D eigenvalue weighted by atomic mass is 16.4. The number of carbonyl (C=O) groups is 1. The molecule has 0 saturated heterocycles. The van der Waals surface area contributed by atoms with Gasteiger partial charge in [0.1, 0.15) is 17.1 Å². The Kier molecular flexibility index (Phi) is 4.74. The molecule has 1 aromatic carbocycles. The average Bonchev–Trinajstić information content (AvgIpc) is 2.36. The van der Waals surface area contributed by atoms with E-state index in [9.17, 15) is 25.2 Å². The SMILES string of the molecule is CCc1c(O)c(C)c(O)c(C(=O)O)c1C[C@@H](O)CO. The number of aliphatic hydroxyl groups is 2. The summed E-state index contributed by atoms with van der Waals surface area (Å²) in [5, 5.41) is 47.3. The molecule has 0 fully saturated rings. The van der Waals surface area contributed by atoms with Gasteiger partial charge in [-0.2, -0.15) is 0 Å². The second-order valence-electron chi connectivity index (χ2n) is 4.35. The lowest BCUT2D eigenvalue weighted by atomic mass is 9.90. The number of phenolic OH excluding ortho intramolecular Hbond substituents is 1. The molecule has 0 aliphatic rings. The van der Waals surface area contributed by atoms with Crippen molar-refractivity contribution in [1.82, 2.24) is 0 Å². The molecule has 1 aromatic rings. The van der Waals surface area contributed by atoms with E-state index in [2.05, 4.69) is 0 Å². The Bertz CT molecular complexity index is 495. The van der Waals surface area contributed by atoms with E-state index in [0.29, 0.717) is 12.0 Å². The number of aromatic carboxylic acids is 1. The lowest BCUT2D eigenvalue weighted by Crippen LogP contribution is -2.19. The highest BCUT2D eigenvalue weighted by molar-refractivity contribution is 5.94. The van der Waals surface area contributed by atoms with E-state index in [0.717, 1.165) is 0 Å². The largest absolute Gasteiger partial charge is 0.507 e. The van der Waals surface area contributed by atoms with Crippen molar-refractivity contribution < 1.29 is 30.3 Å². The molecule has 0 aliphatic heterocycles. The van der Waals surface area contributed by atoms with Crippen molar-refractivity contribution in [2.75, 3.05) is 6.61 Å². The van der Waals surface area contributed by atoms with Gasteiger partial charge in [0.2, 0.25) is 0 Å². The van der Waals surface area contributed by atoms with Gasteiger partial charge in [-0.25, -0.2) is 4.79 Å². The Morgan fingerprint density at radius 2 is 1.79 bits per heavy atom. The van der Waals surface area contributed by atoms with Gasteiger partial charge >= 0.3 is 5.97 Å². The van der Waals surface area contributed by atoms with Crippen LogP contribution in [-0.2, 0) is 12.8 Å². The standard InChI is InChI=1S/C13H18O6/c1-3-8-9(4-7(15)5-14)10(13(18)19)12(17)6(2)11(8)16/h7,14-17H,3-5H2,1-2H3,(H,18,19)/t7-/m1/s1. The summed E-state index contributed by atoms with van der Waals surface area (Å²) >= 11 is 0. The van der Waals surface area contributed by atoms with Crippen molar-refractivity contribution in [3.63, 3.8) is 0 Å². The predicted molar refractivity (Wildman–Crippen MR) is 67.6 cm³/mol. The maximum atomic E-state index is 11.3. The first-order valence-corrected chi connectivity index (χ1v) is 5.93. The van der Waals surface area contributed by atoms with Gasteiger partial charge < -0.3 is 25.5 Å². The Hall–Kier alpha value is -1.79. The van der Waals surface area contributed by atoms with Crippen LogP contribution in [0.15, 0.2) is 0 Å². The van der Waals surface area contributed by atoms with Crippen molar-refractivity contribution >= 4 is 5.97 Å². The summed E-state index contributed by atoms with van der Waals surface area (Å²) in [5.74, 6) is -2.03. The number of carboxylic acid groups (broad SMARTS) is 1. The van der Waals surface area contributed by atoms with Crippen LogP contribution in [0.5, 0.6) is 11.5 Å². The van der Waals surface area contributed by atoms with Crippen molar-refractivity contribution in [1.29, 1.82) is 0 Å². The molecule has 6 nitrogen and oxygen atoms in total. The molecule has 0 saturated carbocycles. The van der Waals surface area contributed by atoms with E-state index < -0.39 is 24.4 Å². The van der Waals surface area contributed by atoms with E-state index in [1.165, 1.54) is 6.92 Å². The predicted octanol–water partition coefficient (Wildman–Crippen LogP) is 0.563. The number of carboxylic acids is 1. The lowest BCUT2D eigenvalue weighted by molar-refractivity contribution is 0.0687. The zero-order valence-electron chi connectivity index (χ0n) is 10.8. The third kappa shape index (κ3) is 2.80. The number of aromatic hydroxyl groups is 2. The molecule has 0 bridgehead atoms. The fraction of sp³-hybridized carbons (Fsp3) is 0.462. The van der Waals surface area contributed by atoms with E-state index in [4.69, 9.17) is 5.11 Å². The normalized spacial score (nSPS) is 12.4. The molecule has 1 atom stereocenters. The van der Waals surface area contributed by atoms with E-state index in [1.807, 2.05) is 0 Å². The zero-order chi connectivity index (χ0) is 14.7. The highest BCUT2D eigenvalue weighted by Crippen LogP contribution is 2.38. The molecule has 0 unspecified atom stereocenters. The fourth-order valence-corrected chi connectivity index (χ4v) is 2.10. The maximum absolute atomic E-state index is 11.3. The fourth-order valence-electron chi connectivity index (χ4n) is 2.10. The average molecular weight is 270 g/mol. The topological polar surface area (TPSA) is 118 Å². The summed E-state index contributed by atoms with van der Waals surface area (Å²) in [4.78, 5) is 11.3. The summed E-state index contributed by atoms with van der Waals surface area (Å²) < 4.78 is 0. The van der Waals surface area contributed by atoms with E-state index >= 15 is 0 Å². The van der Waals surface area contributed by atoms with Gasteiger partial charge in [0, 0.05) is 12.0 Å². The van der Waals surface area contributed by atoms with Crippen LogP contribution in [-0.4, -0.2) is 44.2 Å². The van der Waals surface area contributed by atoms with Crippen molar-refractivity contribution in [2.45, 2.75) is 32.8 Å². The Morgan fingerprint density at radius 1 is 1.21 bits per heavy atom. The molecule has 0 radical (unpaired) electrons. The van der Waals surface area contributed by atoms with Crippen LogP contribution in [0.2, 0.25) is 0 Å². The number of aliphatic hydroxyl groups excluding tert-OH is 2. The summed E-state index contributed by atoms with van der Waals surface area (Å²) in [7, 11) is 0. The van der Waals surface area contributed by atoms with Crippen LogP contribution in [0.4, 0.5) is 0 Å². The number of benzene rings is 1. The summed E-state index contributed by atoms with van der Waals surface area (Å²) in [6.07, 6.45) is -0.950. The molecule has 19 heavy (non-hydrogen) atoms. The zero-order valence-corrected chi connectivity index (χ0v) is 10.8. The van der Waals surface area contributed by atoms with Crippen molar-refractivity contribution in [3.8, 4) is 11.5 Å². The molecule has 0 aliphatic carbocycles. The van der Waals surface area contributed by atoms with Gasteiger partial charge in [-0.3, -0.25) is 0 Å². The molecule has 5 N–H and O–H groups in total.